The van der Waals surface area contributed by atoms with Crippen LogP contribution in [0.5, 0.6) is 11.5 Å². The van der Waals surface area contributed by atoms with E-state index >= 15 is 0 Å². The zero-order chi connectivity index (χ0) is 17.5. The van der Waals surface area contributed by atoms with Crippen molar-refractivity contribution in [2.24, 2.45) is 0 Å². The molecule has 0 bridgehead atoms. The first-order chi connectivity index (χ1) is 12.8. The highest BCUT2D eigenvalue weighted by molar-refractivity contribution is 7.20. The third-order valence-corrected chi connectivity index (χ3v) is 5.84. The van der Waals surface area contributed by atoms with Gasteiger partial charge in [0.25, 0.3) is 0 Å². The molecule has 5 nitrogen and oxygen atoms in total. The Kier molecular flexibility index (Phi) is 3.62. The summed E-state index contributed by atoms with van der Waals surface area (Å²) in [5.74, 6) is 1.50. The van der Waals surface area contributed by atoms with Gasteiger partial charge in [-0.3, -0.25) is 0 Å². The van der Waals surface area contributed by atoms with Crippen molar-refractivity contribution in [1.82, 2.24) is 9.97 Å². The number of thiazole rings is 2. The average molecular weight is 379 g/mol. The Balaban J connectivity index is 1.58. The van der Waals surface area contributed by atoms with E-state index in [1.165, 1.54) is 11.3 Å². The van der Waals surface area contributed by atoms with Gasteiger partial charge in [-0.1, -0.05) is 41.7 Å². The Hall–Kier alpha value is -2.90. The molecule has 2 N–H and O–H groups in total. The van der Waals surface area contributed by atoms with Crippen LogP contribution in [0.4, 0.5) is 5.13 Å². The van der Waals surface area contributed by atoms with Crippen LogP contribution in [0, 0.1) is 0 Å². The lowest BCUT2D eigenvalue weighted by molar-refractivity contribution is 0.174. The van der Waals surface area contributed by atoms with E-state index in [9.17, 15) is 0 Å². The van der Waals surface area contributed by atoms with E-state index in [0.717, 1.165) is 43.9 Å². The van der Waals surface area contributed by atoms with Gasteiger partial charge in [-0.05, 0) is 23.8 Å². The Morgan fingerprint density at radius 2 is 1.77 bits per heavy atom. The highest BCUT2D eigenvalue weighted by Gasteiger charge is 2.20. The molecule has 0 aliphatic carbocycles. The zero-order valence-electron chi connectivity index (χ0n) is 13.5. The molecule has 7 heteroatoms. The Bertz CT molecular complexity index is 1090. The molecule has 0 radical (unpaired) electrons. The lowest BCUT2D eigenvalue weighted by atomic mass is 10.1. The Morgan fingerprint density at radius 1 is 0.923 bits per heavy atom. The molecule has 5 rings (SSSR count). The van der Waals surface area contributed by atoms with Crippen LogP contribution in [0.2, 0.25) is 0 Å². The minimum Gasteiger partial charge on any atom is -0.454 e. The maximum absolute atomic E-state index is 6.01. The summed E-state index contributed by atoms with van der Waals surface area (Å²) in [5.41, 5.74) is 9.84. The van der Waals surface area contributed by atoms with E-state index < -0.39 is 0 Å². The van der Waals surface area contributed by atoms with Gasteiger partial charge >= 0.3 is 0 Å². The molecule has 2 aromatic heterocycles. The fourth-order valence-corrected chi connectivity index (χ4v) is 4.56. The van der Waals surface area contributed by atoms with Gasteiger partial charge in [0.1, 0.15) is 10.7 Å². The van der Waals surface area contributed by atoms with Gasteiger partial charge in [-0.2, -0.15) is 0 Å². The molecule has 3 heterocycles. The second-order valence-corrected chi connectivity index (χ2v) is 7.59. The second-order valence-electron chi connectivity index (χ2n) is 5.70. The second kappa shape index (κ2) is 6.12. The summed E-state index contributed by atoms with van der Waals surface area (Å²) in [7, 11) is 0. The molecule has 4 aromatic rings. The fraction of sp³-hybridized carbons (Fsp3) is 0.0526. The Labute approximate surface area is 157 Å². The van der Waals surface area contributed by atoms with Gasteiger partial charge in [0.2, 0.25) is 6.79 Å². The molecule has 0 fully saturated rings. The normalized spacial score (nSPS) is 12.5. The van der Waals surface area contributed by atoms with Crippen molar-refractivity contribution < 1.29 is 9.47 Å². The standard InChI is InChI=1S/C19H13N3O2S2/c20-19-22-16(18-21-13(9-25-18)11-4-2-1-3-5-11)17(26-19)12-6-7-14-15(8-12)24-10-23-14/h1-9H,10H2,(H2,20,22). The molecule has 0 unspecified atom stereocenters. The molecule has 1 aliphatic rings. The van der Waals surface area contributed by atoms with Crippen LogP contribution in [0.3, 0.4) is 0 Å². The first-order valence-electron chi connectivity index (χ1n) is 7.95. The predicted octanol–water partition coefficient (Wildman–Crippen LogP) is 4.91. The lowest BCUT2D eigenvalue weighted by Gasteiger charge is -2.02. The number of aromatic nitrogens is 2. The van der Waals surface area contributed by atoms with Crippen LogP contribution < -0.4 is 15.2 Å². The topological polar surface area (TPSA) is 70.3 Å². The van der Waals surface area contributed by atoms with Gasteiger partial charge < -0.3 is 15.2 Å². The van der Waals surface area contributed by atoms with Crippen molar-refractivity contribution in [1.29, 1.82) is 0 Å². The van der Waals surface area contributed by atoms with Crippen LogP contribution in [0.25, 0.3) is 32.4 Å². The smallest absolute Gasteiger partial charge is 0.231 e. The first kappa shape index (κ1) is 15.4. The zero-order valence-corrected chi connectivity index (χ0v) is 15.1. The van der Waals surface area contributed by atoms with E-state index in [1.54, 1.807) is 11.3 Å². The van der Waals surface area contributed by atoms with Crippen LogP contribution in [0.1, 0.15) is 0 Å². The number of hydrogen-bond donors (Lipinski definition) is 1. The highest BCUT2D eigenvalue weighted by atomic mass is 32.1. The van der Waals surface area contributed by atoms with Crippen LogP contribution in [-0.2, 0) is 0 Å². The summed E-state index contributed by atoms with van der Waals surface area (Å²) in [6, 6.07) is 16.0. The SMILES string of the molecule is Nc1nc(-c2nc(-c3ccccc3)cs2)c(-c2ccc3c(c2)OCO3)s1. The number of rotatable bonds is 3. The maximum atomic E-state index is 6.01. The summed E-state index contributed by atoms with van der Waals surface area (Å²) in [4.78, 5) is 10.3. The molecule has 0 atom stereocenters. The minimum atomic E-state index is 0.253. The number of anilines is 1. The highest BCUT2D eigenvalue weighted by Crippen LogP contribution is 2.43. The van der Waals surface area contributed by atoms with Gasteiger partial charge in [0.15, 0.2) is 16.6 Å². The maximum Gasteiger partial charge on any atom is 0.231 e. The third-order valence-electron chi connectivity index (χ3n) is 4.05. The van der Waals surface area contributed by atoms with Crippen LogP contribution >= 0.6 is 22.7 Å². The van der Waals surface area contributed by atoms with Crippen molar-refractivity contribution >= 4 is 27.8 Å². The van der Waals surface area contributed by atoms with Gasteiger partial charge in [0, 0.05) is 10.9 Å². The van der Waals surface area contributed by atoms with Crippen LogP contribution in [0.15, 0.2) is 53.9 Å². The monoisotopic (exact) mass is 379 g/mol. The Morgan fingerprint density at radius 3 is 2.65 bits per heavy atom. The van der Waals surface area contributed by atoms with E-state index in [-0.39, 0.29) is 6.79 Å². The van der Waals surface area contributed by atoms with Crippen molar-refractivity contribution in [2.45, 2.75) is 0 Å². The van der Waals surface area contributed by atoms with E-state index in [2.05, 4.69) is 4.98 Å². The number of nitrogens with zero attached hydrogens (tertiary/aromatic N) is 2. The number of ether oxygens (including phenoxy) is 2. The van der Waals surface area contributed by atoms with Crippen molar-refractivity contribution in [3.8, 4) is 43.9 Å². The summed E-state index contributed by atoms with van der Waals surface area (Å²) in [6.45, 7) is 0.253. The number of hydrogen-bond acceptors (Lipinski definition) is 7. The van der Waals surface area contributed by atoms with Crippen LogP contribution in [-0.4, -0.2) is 16.8 Å². The first-order valence-corrected chi connectivity index (χ1v) is 9.65. The summed E-state index contributed by atoms with van der Waals surface area (Å²) in [6.07, 6.45) is 0. The average Bonchev–Trinajstić information content (AvgIpc) is 3.40. The van der Waals surface area contributed by atoms with E-state index in [1.807, 2.05) is 53.9 Å². The number of fused-ring (bicyclic) bond motifs is 1. The summed E-state index contributed by atoms with van der Waals surface area (Å²) >= 11 is 3.02. The summed E-state index contributed by atoms with van der Waals surface area (Å²) < 4.78 is 10.9. The van der Waals surface area contributed by atoms with Gasteiger partial charge in [-0.15, -0.1) is 11.3 Å². The molecule has 1 aliphatic heterocycles. The molecular formula is C19H13N3O2S2. The molecule has 2 aromatic carbocycles. The number of nitrogen functional groups attached to an aromatic ring is 1. The van der Waals surface area contributed by atoms with E-state index in [4.69, 9.17) is 20.2 Å². The quantitative estimate of drug-likeness (QED) is 0.547. The third kappa shape index (κ3) is 2.61. The molecule has 0 saturated heterocycles. The molecule has 0 spiro atoms. The summed E-state index contributed by atoms with van der Waals surface area (Å²) in [5, 5.41) is 3.41. The molecule has 0 amide bonds. The fourth-order valence-electron chi connectivity index (χ4n) is 2.84. The predicted molar refractivity (Wildman–Crippen MR) is 105 cm³/mol. The van der Waals surface area contributed by atoms with Crippen molar-refractivity contribution in [3.05, 3.63) is 53.9 Å². The molecule has 26 heavy (non-hydrogen) atoms. The number of benzene rings is 2. The van der Waals surface area contributed by atoms with E-state index in [0.29, 0.717) is 5.13 Å². The molecule has 0 saturated carbocycles. The number of nitrogens with two attached hydrogens (primary N) is 1. The molecule has 128 valence electrons. The molecular weight excluding hydrogens is 366 g/mol. The minimum absolute atomic E-state index is 0.253. The van der Waals surface area contributed by atoms with Crippen molar-refractivity contribution in [3.63, 3.8) is 0 Å². The van der Waals surface area contributed by atoms with Gasteiger partial charge in [-0.25, -0.2) is 9.97 Å². The van der Waals surface area contributed by atoms with Gasteiger partial charge in [0.05, 0.1) is 10.6 Å². The largest absolute Gasteiger partial charge is 0.454 e. The lowest BCUT2D eigenvalue weighted by Crippen LogP contribution is -1.92. The van der Waals surface area contributed by atoms with Crippen molar-refractivity contribution in [2.75, 3.05) is 12.5 Å².